The van der Waals surface area contributed by atoms with Crippen molar-refractivity contribution in [1.82, 2.24) is 10.2 Å². The van der Waals surface area contributed by atoms with E-state index in [0.717, 1.165) is 24.4 Å². The minimum atomic E-state index is 0.761. The van der Waals surface area contributed by atoms with Crippen molar-refractivity contribution in [3.05, 3.63) is 0 Å². The molecule has 0 aliphatic heterocycles. The van der Waals surface area contributed by atoms with E-state index in [1.54, 1.807) is 0 Å². The van der Waals surface area contributed by atoms with E-state index >= 15 is 0 Å². The fourth-order valence-electron chi connectivity index (χ4n) is 3.23. The summed E-state index contributed by atoms with van der Waals surface area (Å²) in [6.45, 7) is 10.5. The molecule has 0 bridgehead atoms. The standard InChI is InChI=1S/C15H32N2/c1-5-16-15-10-8-6-7-9-14(15)12-17(4)11-13(2)3/h13-16H,5-12H2,1-4H3. The lowest BCUT2D eigenvalue weighted by Gasteiger charge is -2.30. The van der Waals surface area contributed by atoms with E-state index in [9.17, 15) is 0 Å². The fourth-order valence-corrected chi connectivity index (χ4v) is 3.23. The van der Waals surface area contributed by atoms with Crippen LogP contribution < -0.4 is 5.32 Å². The third-order valence-corrected chi connectivity index (χ3v) is 3.85. The van der Waals surface area contributed by atoms with Crippen molar-refractivity contribution in [2.24, 2.45) is 11.8 Å². The topological polar surface area (TPSA) is 15.3 Å². The molecule has 1 saturated carbocycles. The Balaban J connectivity index is 2.44. The normalized spacial score (nSPS) is 26.5. The molecule has 0 aromatic carbocycles. The summed E-state index contributed by atoms with van der Waals surface area (Å²) in [7, 11) is 2.29. The van der Waals surface area contributed by atoms with Crippen LogP contribution in [0, 0.1) is 11.8 Å². The lowest BCUT2D eigenvalue weighted by molar-refractivity contribution is 0.209. The maximum Gasteiger partial charge on any atom is 0.0107 e. The van der Waals surface area contributed by atoms with Crippen molar-refractivity contribution in [2.45, 2.75) is 58.9 Å². The molecule has 2 heteroatoms. The Morgan fingerprint density at radius 1 is 1.18 bits per heavy atom. The molecule has 2 atom stereocenters. The molecule has 0 saturated heterocycles. The fraction of sp³-hybridized carbons (Fsp3) is 1.00. The molecule has 102 valence electrons. The van der Waals surface area contributed by atoms with Gasteiger partial charge in [-0.3, -0.25) is 0 Å². The molecule has 2 unspecified atom stereocenters. The van der Waals surface area contributed by atoms with E-state index < -0.39 is 0 Å². The van der Waals surface area contributed by atoms with Crippen molar-refractivity contribution in [1.29, 1.82) is 0 Å². The molecule has 0 radical (unpaired) electrons. The first-order chi connectivity index (χ1) is 8.13. The largest absolute Gasteiger partial charge is 0.314 e. The summed E-state index contributed by atoms with van der Waals surface area (Å²) in [5, 5.41) is 3.71. The minimum absolute atomic E-state index is 0.761. The Hall–Kier alpha value is -0.0800. The molecule has 17 heavy (non-hydrogen) atoms. The Bertz CT molecular complexity index is 191. The first-order valence-corrected chi connectivity index (χ1v) is 7.55. The molecule has 0 amide bonds. The quantitative estimate of drug-likeness (QED) is 0.718. The molecule has 1 N–H and O–H groups in total. The van der Waals surface area contributed by atoms with Gasteiger partial charge in [-0.1, -0.05) is 40.0 Å². The van der Waals surface area contributed by atoms with Gasteiger partial charge in [0.2, 0.25) is 0 Å². The van der Waals surface area contributed by atoms with Crippen molar-refractivity contribution >= 4 is 0 Å². The van der Waals surface area contributed by atoms with Crippen molar-refractivity contribution < 1.29 is 0 Å². The summed E-state index contributed by atoms with van der Waals surface area (Å²) in [5.74, 6) is 1.64. The minimum Gasteiger partial charge on any atom is -0.314 e. The van der Waals surface area contributed by atoms with Crippen molar-refractivity contribution in [2.75, 3.05) is 26.7 Å². The van der Waals surface area contributed by atoms with E-state index in [0.29, 0.717) is 0 Å². The third kappa shape index (κ3) is 5.87. The molecule has 0 heterocycles. The van der Waals surface area contributed by atoms with Crippen LogP contribution in [0.4, 0.5) is 0 Å². The van der Waals surface area contributed by atoms with Gasteiger partial charge in [0.05, 0.1) is 0 Å². The number of nitrogens with zero attached hydrogens (tertiary/aromatic N) is 1. The van der Waals surface area contributed by atoms with Gasteiger partial charge in [-0.2, -0.15) is 0 Å². The smallest absolute Gasteiger partial charge is 0.0107 e. The second-order valence-corrected chi connectivity index (χ2v) is 6.18. The molecule has 2 nitrogen and oxygen atoms in total. The first-order valence-electron chi connectivity index (χ1n) is 7.55. The number of rotatable bonds is 6. The van der Waals surface area contributed by atoms with Gasteiger partial charge >= 0.3 is 0 Å². The van der Waals surface area contributed by atoms with Gasteiger partial charge in [0.1, 0.15) is 0 Å². The van der Waals surface area contributed by atoms with Crippen LogP contribution in [0.25, 0.3) is 0 Å². The monoisotopic (exact) mass is 240 g/mol. The van der Waals surface area contributed by atoms with Gasteiger partial charge < -0.3 is 10.2 Å². The van der Waals surface area contributed by atoms with Crippen LogP contribution in [0.3, 0.4) is 0 Å². The van der Waals surface area contributed by atoms with Crippen molar-refractivity contribution in [3.63, 3.8) is 0 Å². The van der Waals surface area contributed by atoms with E-state index in [1.807, 2.05) is 0 Å². The zero-order valence-corrected chi connectivity index (χ0v) is 12.3. The highest BCUT2D eigenvalue weighted by atomic mass is 15.1. The van der Waals surface area contributed by atoms with Crippen LogP contribution >= 0.6 is 0 Å². The third-order valence-electron chi connectivity index (χ3n) is 3.85. The Labute approximate surface area is 108 Å². The second kappa shape index (κ2) is 8.10. The van der Waals surface area contributed by atoms with E-state index in [-0.39, 0.29) is 0 Å². The van der Waals surface area contributed by atoms with Crippen LogP contribution in [-0.4, -0.2) is 37.6 Å². The molecule has 0 aromatic heterocycles. The maximum atomic E-state index is 3.71. The molecule has 1 aliphatic carbocycles. The predicted octanol–water partition coefficient (Wildman–Crippen LogP) is 3.13. The molecule has 1 fully saturated rings. The highest BCUT2D eigenvalue weighted by molar-refractivity contribution is 4.81. The van der Waals surface area contributed by atoms with E-state index in [4.69, 9.17) is 0 Å². The summed E-state index contributed by atoms with van der Waals surface area (Å²) in [6, 6.07) is 0.761. The number of nitrogens with one attached hydrogen (secondary N) is 1. The van der Waals surface area contributed by atoms with Gasteiger partial charge in [0, 0.05) is 19.1 Å². The van der Waals surface area contributed by atoms with Crippen LogP contribution in [0.1, 0.15) is 52.9 Å². The molecule has 0 aromatic rings. The van der Waals surface area contributed by atoms with E-state index in [2.05, 4.69) is 38.0 Å². The van der Waals surface area contributed by atoms with Gasteiger partial charge in [0.15, 0.2) is 0 Å². The zero-order chi connectivity index (χ0) is 12.7. The SMILES string of the molecule is CCNC1CCCCCC1CN(C)CC(C)C. The molecular weight excluding hydrogens is 208 g/mol. The molecule has 1 aliphatic rings. The summed E-state index contributed by atoms with van der Waals surface area (Å²) in [5.41, 5.74) is 0. The van der Waals surface area contributed by atoms with E-state index in [1.165, 1.54) is 45.2 Å². The number of hydrogen-bond donors (Lipinski definition) is 1. The zero-order valence-electron chi connectivity index (χ0n) is 12.3. The first kappa shape index (κ1) is 15.0. The summed E-state index contributed by atoms with van der Waals surface area (Å²) < 4.78 is 0. The average Bonchev–Trinajstić information content (AvgIpc) is 2.44. The Morgan fingerprint density at radius 2 is 1.88 bits per heavy atom. The summed E-state index contributed by atoms with van der Waals surface area (Å²) in [4.78, 5) is 2.53. The number of hydrogen-bond acceptors (Lipinski definition) is 2. The van der Waals surface area contributed by atoms with Crippen molar-refractivity contribution in [3.8, 4) is 0 Å². The van der Waals surface area contributed by atoms with Crippen LogP contribution in [0.15, 0.2) is 0 Å². The lowest BCUT2D eigenvalue weighted by atomic mass is 9.94. The highest BCUT2D eigenvalue weighted by Crippen LogP contribution is 2.24. The van der Waals surface area contributed by atoms with Gasteiger partial charge in [-0.15, -0.1) is 0 Å². The van der Waals surface area contributed by atoms with Gasteiger partial charge in [-0.05, 0) is 38.3 Å². The lowest BCUT2D eigenvalue weighted by Crippen LogP contribution is -2.41. The summed E-state index contributed by atoms with van der Waals surface area (Å²) in [6.07, 6.45) is 7.09. The van der Waals surface area contributed by atoms with Gasteiger partial charge in [-0.25, -0.2) is 0 Å². The highest BCUT2D eigenvalue weighted by Gasteiger charge is 2.23. The maximum absolute atomic E-state index is 3.71. The molecule has 0 spiro atoms. The second-order valence-electron chi connectivity index (χ2n) is 6.18. The average molecular weight is 240 g/mol. The van der Waals surface area contributed by atoms with Gasteiger partial charge in [0.25, 0.3) is 0 Å². The Morgan fingerprint density at radius 3 is 2.53 bits per heavy atom. The van der Waals surface area contributed by atoms with Crippen LogP contribution in [0.2, 0.25) is 0 Å². The van der Waals surface area contributed by atoms with Crippen LogP contribution in [-0.2, 0) is 0 Å². The van der Waals surface area contributed by atoms with Crippen LogP contribution in [0.5, 0.6) is 0 Å². The summed E-state index contributed by atoms with van der Waals surface area (Å²) >= 11 is 0. The molecule has 1 rings (SSSR count). The molecular formula is C15H32N2. The Kier molecular flexibility index (Phi) is 7.14. The predicted molar refractivity (Wildman–Crippen MR) is 76.4 cm³/mol.